The van der Waals surface area contributed by atoms with Gasteiger partial charge in [-0.25, -0.2) is 0 Å². The van der Waals surface area contributed by atoms with Crippen LogP contribution in [0, 0.1) is 0 Å². The number of nitrogens with zero attached hydrogens (tertiary/aromatic N) is 1. The van der Waals surface area contributed by atoms with Crippen molar-refractivity contribution in [2.24, 2.45) is 0 Å². The second-order valence-corrected chi connectivity index (χ2v) is 6.26. The Hall–Kier alpha value is -3.79. The molecule has 10 heteroatoms. The van der Waals surface area contributed by atoms with E-state index >= 15 is 0 Å². The molecule has 4 rings (SSSR count). The molecule has 1 aromatic carbocycles. The molecule has 10 nitrogen and oxygen atoms in total. The van der Waals surface area contributed by atoms with E-state index < -0.39 is 48.1 Å². The van der Waals surface area contributed by atoms with Crippen molar-refractivity contribution in [2.45, 2.75) is 18.6 Å². The summed E-state index contributed by atoms with van der Waals surface area (Å²) in [5, 5.41) is 14.2. The second-order valence-electron chi connectivity index (χ2n) is 6.26. The van der Waals surface area contributed by atoms with E-state index in [-0.39, 0.29) is 22.6 Å². The minimum atomic E-state index is -1.52. The molecule has 2 aliphatic heterocycles. The summed E-state index contributed by atoms with van der Waals surface area (Å²) in [5.74, 6) is -3.91. The summed E-state index contributed by atoms with van der Waals surface area (Å²) in [4.78, 5) is 62.1. The summed E-state index contributed by atoms with van der Waals surface area (Å²) in [6.07, 6.45) is -0.607. The van der Waals surface area contributed by atoms with Gasteiger partial charge in [0.2, 0.25) is 5.91 Å². The van der Waals surface area contributed by atoms with Crippen LogP contribution < -0.4 is 10.6 Å². The number of fused-ring (bicyclic) bond motifs is 1. The maximum Gasteiger partial charge on any atom is 0.291 e. The van der Waals surface area contributed by atoms with E-state index in [1.54, 1.807) is 0 Å². The van der Waals surface area contributed by atoms with Gasteiger partial charge in [-0.2, -0.15) is 0 Å². The summed E-state index contributed by atoms with van der Waals surface area (Å²) < 4.78 is 5.00. The SMILES string of the molecule is O=C(Nc1cccc2c1C(=O)N(C1CC(O)C(=O)NC1=O)C2=O)c1ccco1. The van der Waals surface area contributed by atoms with Crippen LogP contribution in [0.3, 0.4) is 0 Å². The van der Waals surface area contributed by atoms with Gasteiger partial charge in [-0.3, -0.25) is 34.2 Å². The number of benzene rings is 1. The van der Waals surface area contributed by atoms with Crippen molar-refractivity contribution >= 4 is 35.2 Å². The Morgan fingerprint density at radius 1 is 1.11 bits per heavy atom. The van der Waals surface area contributed by atoms with E-state index in [1.807, 2.05) is 5.32 Å². The monoisotopic (exact) mass is 383 g/mol. The van der Waals surface area contributed by atoms with Crippen LogP contribution in [0.2, 0.25) is 0 Å². The van der Waals surface area contributed by atoms with Crippen LogP contribution in [0.5, 0.6) is 0 Å². The first-order chi connectivity index (χ1) is 13.4. The number of carbonyl (C=O) groups excluding carboxylic acids is 5. The zero-order valence-corrected chi connectivity index (χ0v) is 14.2. The molecule has 0 spiro atoms. The minimum Gasteiger partial charge on any atom is -0.459 e. The average molecular weight is 383 g/mol. The van der Waals surface area contributed by atoms with Crippen molar-refractivity contribution in [2.75, 3.05) is 5.32 Å². The third-order valence-electron chi connectivity index (χ3n) is 4.55. The number of aliphatic hydroxyl groups excluding tert-OH is 1. The lowest BCUT2D eigenvalue weighted by molar-refractivity contribution is -0.143. The van der Waals surface area contributed by atoms with Gasteiger partial charge in [0.25, 0.3) is 23.6 Å². The third-order valence-corrected chi connectivity index (χ3v) is 4.55. The van der Waals surface area contributed by atoms with Crippen LogP contribution in [-0.4, -0.2) is 51.7 Å². The number of piperidine rings is 1. The Morgan fingerprint density at radius 2 is 1.89 bits per heavy atom. The largest absolute Gasteiger partial charge is 0.459 e. The highest BCUT2D eigenvalue weighted by molar-refractivity contribution is 6.26. The average Bonchev–Trinajstić information content (AvgIpc) is 3.27. The summed E-state index contributed by atoms with van der Waals surface area (Å²) in [5.41, 5.74) is 0.000577. The van der Waals surface area contributed by atoms with Gasteiger partial charge in [-0.1, -0.05) is 6.07 Å². The molecule has 5 amide bonds. The van der Waals surface area contributed by atoms with E-state index in [9.17, 15) is 29.1 Å². The fourth-order valence-electron chi connectivity index (χ4n) is 3.22. The van der Waals surface area contributed by atoms with Crippen LogP contribution in [0.15, 0.2) is 41.0 Å². The van der Waals surface area contributed by atoms with Crippen molar-refractivity contribution in [1.29, 1.82) is 0 Å². The van der Waals surface area contributed by atoms with Crippen molar-refractivity contribution in [3.63, 3.8) is 0 Å². The lowest BCUT2D eigenvalue weighted by Crippen LogP contribution is -2.58. The standard InChI is InChI=1S/C18H13N3O7/c22-11-7-10(14(23)20-15(11)24)21-17(26)8-3-1-4-9(13(8)18(21)27)19-16(25)12-5-2-6-28-12/h1-6,10-11,22H,7H2,(H,19,25)(H,20,23,24). The highest BCUT2D eigenvalue weighted by atomic mass is 16.3. The fourth-order valence-corrected chi connectivity index (χ4v) is 3.22. The van der Waals surface area contributed by atoms with E-state index in [4.69, 9.17) is 4.42 Å². The topological polar surface area (TPSA) is 146 Å². The van der Waals surface area contributed by atoms with Gasteiger partial charge < -0.3 is 14.8 Å². The number of hydrogen-bond acceptors (Lipinski definition) is 7. The quantitative estimate of drug-likeness (QED) is 0.628. The van der Waals surface area contributed by atoms with Gasteiger partial charge in [-0.15, -0.1) is 0 Å². The molecule has 0 radical (unpaired) electrons. The molecule has 1 aromatic heterocycles. The number of amides is 5. The first kappa shape index (κ1) is 17.6. The molecule has 0 bridgehead atoms. The van der Waals surface area contributed by atoms with E-state index in [2.05, 4.69) is 5.32 Å². The molecule has 3 N–H and O–H groups in total. The number of anilines is 1. The Bertz CT molecular complexity index is 1030. The van der Waals surface area contributed by atoms with Gasteiger partial charge >= 0.3 is 0 Å². The van der Waals surface area contributed by atoms with Crippen LogP contribution in [0.25, 0.3) is 0 Å². The maximum atomic E-state index is 12.9. The molecule has 28 heavy (non-hydrogen) atoms. The zero-order valence-electron chi connectivity index (χ0n) is 14.2. The van der Waals surface area contributed by atoms with Crippen LogP contribution in [0.1, 0.15) is 37.7 Å². The third kappa shape index (κ3) is 2.67. The van der Waals surface area contributed by atoms with Gasteiger partial charge in [0.1, 0.15) is 12.1 Å². The molecule has 2 unspecified atom stereocenters. The molecule has 2 aromatic rings. The molecule has 142 valence electrons. The molecular weight excluding hydrogens is 370 g/mol. The van der Waals surface area contributed by atoms with Crippen molar-refractivity contribution in [1.82, 2.24) is 10.2 Å². The predicted octanol–water partition coefficient (Wildman–Crippen LogP) is -0.0961. The predicted molar refractivity (Wildman–Crippen MR) is 91.2 cm³/mol. The van der Waals surface area contributed by atoms with E-state index in [1.165, 1.54) is 36.6 Å². The van der Waals surface area contributed by atoms with Gasteiger partial charge in [0.15, 0.2) is 5.76 Å². The molecule has 2 aliphatic rings. The highest BCUT2D eigenvalue weighted by Crippen LogP contribution is 2.32. The van der Waals surface area contributed by atoms with Crippen LogP contribution in [-0.2, 0) is 9.59 Å². The molecule has 1 saturated heterocycles. The Balaban J connectivity index is 1.67. The van der Waals surface area contributed by atoms with Crippen LogP contribution >= 0.6 is 0 Å². The van der Waals surface area contributed by atoms with Crippen molar-refractivity contribution in [3.05, 3.63) is 53.5 Å². The Kier molecular flexibility index (Phi) is 4.04. The lowest BCUT2D eigenvalue weighted by Gasteiger charge is -2.30. The fraction of sp³-hybridized carbons (Fsp3) is 0.167. The summed E-state index contributed by atoms with van der Waals surface area (Å²) in [6, 6.07) is 5.92. The van der Waals surface area contributed by atoms with Crippen molar-refractivity contribution in [3.8, 4) is 0 Å². The number of hydrogen-bond donors (Lipinski definition) is 3. The molecule has 1 fully saturated rings. The first-order valence-electron chi connectivity index (χ1n) is 8.27. The van der Waals surface area contributed by atoms with Gasteiger partial charge in [0, 0.05) is 6.42 Å². The normalized spacial score (nSPS) is 21.5. The lowest BCUT2D eigenvalue weighted by atomic mass is 10.0. The van der Waals surface area contributed by atoms with Crippen LogP contribution in [0.4, 0.5) is 5.69 Å². The molecule has 0 aliphatic carbocycles. The number of rotatable bonds is 3. The highest BCUT2D eigenvalue weighted by Gasteiger charge is 2.47. The molecule has 3 heterocycles. The minimum absolute atomic E-state index is 0.00133. The van der Waals surface area contributed by atoms with Gasteiger partial charge in [-0.05, 0) is 24.3 Å². The second kappa shape index (κ2) is 6.43. The summed E-state index contributed by atoms with van der Waals surface area (Å²) in [6.45, 7) is 0. The number of nitrogens with one attached hydrogen (secondary N) is 2. The maximum absolute atomic E-state index is 12.9. The van der Waals surface area contributed by atoms with E-state index in [0.29, 0.717) is 4.90 Å². The van der Waals surface area contributed by atoms with Gasteiger partial charge in [0.05, 0.1) is 23.1 Å². The number of aliphatic hydroxyl groups is 1. The number of imide groups is 2. The number of furan rings is 1. The zero-order chi connectivity index (χ0) is 20.0. The number of carbonyl (C=O) groups is 5. The molecular formula is C18H13N3O7. The van der Waals surface area contributed by atoms with E-state index in [0.717, 1.165) is 0 Å². The molecule has 2 atom stereocenters. The smallest absolute Gasteiger partial charge is 0.291 e. The first-order valence-corrected chi connectivity index (χ1v) is 8.27. The summed E-state index contributed by atoms with van der Waals surface area (Å²) in [7, 11) is 0. The Morgan fingerprint density at radius 3 is 2.61 bits per heavy atom. The Labute approximate surface area is 157 Å². The molecule has 0 saturated carbocycles. The summed E-state index contributed by atoms with van der Waals surface area (Å²) >= 11 is 0. The van der Waals surface area contributed by atoms with Crippen molar-refractivity contribution < 1.29 is 33.5 Å².